The molecule has 0 radical (unpaired) electrons. The van der Waals surface area contributed by atoms with Crippen LogP contribution < -0.4 is 11.5 Å². The highest BCUT2D eigenvalue weighted by Gasteiger charge is 2.17. The van der Waals surface area contributed by atoms with E-state index >= 15 is 0 Å². The maximum Gasteiger partial charge on any atom is 0.320 e. The molecule has 0 bridgehead atoms. The molecule has 98 valence electrons. The summed E-state index contributed by atoms with van der Waals surface area (Å²) in [6.07, 6.45) is 0. The molecule has 4 N–H and O–H groups in total. The Hall–Kier alpha value is -2.24. The Balaban J connectivity index is 2.84. The lowest BCUT2D eigenvalue weighted by molar-refractivity contribution is -0.118. The molecule has 0 aromatic heterocycles. The van der Waals surface area contributed by atoms with Crippen molar-refractivity contribution in [2.24, 2.45) is 5.73 Å². The van der Waals surface area contributed by atoms with Crippen LogP contribution >= 0.6 is 0 Å². The van der Waals surface area contributed by atoms with E-state index in [1.807, 2.05) is 6.07 Å². The summed E-state index contributed by atoms with van der Waals surface area (Å²) in [5.41, 5.74) is 12.3. The Morgan fingerprint density at radius 1 is 1.28 bits per heavy atom. The zero-order valence-electron chi connectivity index (χ0n) is 10.6. The average molecular weight is 250 g/mol. The first kappa shape index (κ1) is 13.8. The van der Waals surface area contributed by atoms with Crippen LogP contribution in [0.15, 0.2) is 24.3 Å². The number of amides is 3. The Bertz CT molecular complexity index is 445. The highest BCUT2D eigenvalue weighted by atomic mass is 16.2. The number of nitrogens with two attached hydrogens (primary N) is 2. The minimum atomic E-state index is -0.547. The lowest BCUT2D eigenvalue weighted by Gasteiger charge is -2.25. The molecular weight excluding hydrogens is 232 g/mol. The summed E-state index contributed by atoms with van der Waals surface area (Å²) in [6.45, 7) is 0.177. The molecule has 0 spiro atoms. The molecule has 6 nitrogen and oxygen atoms in total. The molecule has 1 aromatic rings. The van der Waals surface area contributed by atoms with Gasteiger partial charge in [-0.1, -0.05) is 12.1 Å². The van der Waals surface area contributed by atoms with E-state index in [4.69, 9.17) is 11.5 Å². The van der Waals surface area contributed by atoms with Gasteiger partial charge in [-0.3, -0.25) is 4.79 Å². The molecule has 0 atom stereocenters. The van der Waals surface area contributed by atoms with Gasteiger partial charge in [0.2, 0.25) is 5.91 Å². The van der Waals surface area contributed by atoms with Crippen LogP contribution in [0.1, 0.15) is 5.56 Å². The van der Waals surface area contributed by atoms with Crippen LogP contribution in [0.2, 0.25) is 0 Å². The number of hydrogen-bond acceptors (Lipinski definition) is 3. The first-order valence-electron chi connectivity index (χ1n) is 5.49. The minimum absolute atomic E-state index is 0.119. The van der Waals surface area contributed by atoms with E-state index in [0.717, 1.165) is 5.56 Å². The van der Waals surface area contributed by atoms with Crippen molar-refractivity contribution in [2.45, 2.75) is 6.54 Å². The summed E-state index contributed by atoms with van der Waals surface area (Å²) in [6, 6.07) is 6.89. The van der Waals surface area contributed by atoms with Crippen LogP contribution in [0.3, 0.4) is 0 Å². The molecule has 0 aliphatic rings. The quantitative estimate of drug-likeness (QED) is 0.749. The number of hydrogen-bond donors (Lipinski definition) is 2. The van der Waals surface area contributed by atoms with Crippen molar-refractivity contribution in [3.05, 3.63) is 29.8 Å². The topological polar surface area (TPSA) is 92.7 Å². The van der Waals surface area contributed by atoms with E-state index in [0.29, 0.717) is 12.2 Å². The molecule has 6 heteroatoms. The molecule has 1 aromatic carbocycles. The predicted octanol–water partition coefficient (Wildman–Crippen LogP) is 0.238. The number of rotatable bonds is 4. The standard InChI is InChI=1S/C12H18N4O2/c1-15(2)12(18)16(8-11(14)17)7-9-4-3-5-10(13)6-9/h3-6H,7-8,13H2,1-2H3,(H2,14,17). The van der Waals surface area contributed by atoms with Crippen molar-refractivity contribution < 1.29 is 9.59 Å². The Labute approximate surface area is 106 Å². The fourth-order valence-corrected chi connectivity index (χ4v) is 1.57. The number of carbonyl (C=O) groups is 2. The van der Waals surface area contributed by atoms with Crippen LogP contribution in [-0.4, -0.2) is 42.4 Å². The van der Waals surface area contributed by atoms with E-state index < -0.39 is 5.91 Å². The zero-order chi connectivity index (χ0) is 13.7. The van der Waals surface area contributed by atoms with Crippen LogP contribution in [0, 0.1) is 0 Å². The van der Waals surface area contributed by atoms with Crippen LogP contribution in [-0.2, 0) is 11.3 Å². The van der Waals surface area contributed by atoms with E-state index in [2.05, 4.69) is 0 Å². The molecular formula is C12H18N4O2. The number of nitrogens with zero attached hydrogens (tertiary/aromatic N) is 2. The molecule has 0 saturated carbocycles. The largest absolute Gasteiger partial charge is 0.399 e. The fraction of sp³-hybridized carbons (Fsp3) is 0.333. The molecule has 0 saturated heterocycles. The number of carbonyl (C=O) groups excluding carboxylic acids is 2. The van der Waals surface area contributed by atoms with Gasteiger partial charge in [-0.05, 0) is 17.7 Å². The summed E-state index contributed by atoms with van der Waals surface area (Å²) in [5, 5.41) is 0. The van der Waals surface area contributed by atoms with E-state index in [-0.39, 0.29) is 12.6 Å². The number of anilines is 1. The number of urea groups is 1. The van der Waals surface area contributed by atoms with E-state index in [1.165, 1.54) is 9.80 Å². The first-order valence-corrected chi connectivity index (χ1v) is 5.49. The Morgan fingerprint density at radius 3 is 2.44 bits per heavy atom. The number of benzene rings is 1. The lowest BCUT2D eigenvalue weighted by Crippen LogP contribution is -2.43. The van der Waals surface area contributed by atoms with Crippen molar-refractivity contribution in [3.63, 3.8) is 0 Å². The van der Waals surface area contributed by atoms with Crippen molar-refractivity contribution in [2.75, 3.05) is 26.4 Å². The molecule has 1 rings (SSSR count). The summed E-state index contributed by atoms with van der Waals surface area (Å²) in [5.74, 6) is -0.547. The molecule has 0 aliphatic carbocycles. The Kier molecular flexibility index (Phi) is 4.53. The highest BCUT2D eigenvalue weighted by Crippen LogP contribution is 2.10. The molecule has 18 heavy (non-hydrogen) atoms. The van der Waals surface area contributed by atoms with Crippen LogP contribution in [0.25, 0.3) is 0 Å². The molecule has 0 unspecified atom stereocenters. The predicted molar refractivity (Wildman–Crippen MR) is 69.5 cm³/mol. The van der Waals surface area contributed by atoms with Crippen molar-refractivity contribution >= 4 is 17.6 Å². The normalized spacial score (nSPS) is 9.89. The minimum Gasteiger partial charge on any atom is -0.399 e. The highest BCUT2D eigenvalue weighted by molar-refractivity contribution is 5.82. The first-order chi connectivity index (χ1) is 8.40. The van der Waals surface area contributed by atoms with Gasteiger partial charge in [0.05, 0.1) is 0 Å². The van der Waals surface area contributed by atoms with Gasteiger partial charge in [-0.2, -0.15) is 0 Å². The molecule has 0 aliphatic heterocycles. The van der Waals surface area contributed by atoms with Gasteiger partial charge in [0.1, 0.15) is 6.54 Å². The van der Waals surface area contributed by atoms with Gasteiger partial charge in [0.25, 0.3) is 0 Å². The summed E-state index contributed by atoms with van der Waals surface area (Å²) < 4.78 is 0. The monoisotopic (exact) mass is 250 g/mol. The fourth-order valence-electron chi connectivity index (χ4n) is 1.57. The Morgan fingerprint density at radius 2 is 1.94 bits per heavy atom. The number of primary amides is 1. The molecule has 0 fully saturated rings. The third-order valence-corrected chi connectivity index (χ3v) is 2.32. The second-order valence-electron chi connectivity index (χ2n) is 4.24. The van der Waals surface area contributed by atoms with Gasteiger partial charge in [-0.25, -0.2) is 4.79 Å². The summed E-state index contributed by atoms with van der Waals surface area (Å²) in [4.78, 5) is 25.6. The van der Waals surface area contributed by atoms with Gasteiger partial charge in [-0.15, -0.1) is 0 Å². The second kappa shape index (κ2) is 5.90. The average Bonchev–Trinajstić information content (AvgIpc) is 2.26. The maximum absolute atomic E-state index is 11.9. The van der Waals surface area contributed by atoms with Gasteiger partial charge in [0.15, 0.2) is 0 Å². The van der Waals surface area contributed by atoms with Crippen molar-refractivity contribution in [1.82, 2.24) is 9.80 Å². The van der Waals surface area contributed by atoms with Crippen molar-refractivity contribution in [1.29, 1.82) is 0 Å². The van der Waals surface area contributed by atoms with E-state index in [1.54, 1.807) is 32.3 Å². The third-order valence-electron chi connectivity index (χ3n) is 2.32. The molecule has 3 amide bonds. The smallest absolute Gasteiger partial charge is 0.320 e. The van der Waals surface area contributed by atoms with Crippen molar-refractivity contribution in [3.8, 4) is 0 Å². The number of nitrogen functional groups attached to an aromatic ring is 1. The van der Waals surface area contributed by atoms with Gasteiger partial charge < -0.3 is 21.3 Å². The summed E-state index contributed by atoms with van der Waals surface area (Å²) in [7, 11) is 3.24. The van der Waals surface area contributed by atoms with Gasteiger partial charge in [0, 0.05) is 26.3 Å². The van der Waals surface area contributed by atoms with E-state index in [9.17, 15) is 9.59 Å². The molecule has 0 heterocycles. The van der Waals surface area contributed by atoms with Crippen LogP contribution in [0.5, 0.6) is 0 Å². The van der Waals surface area contributed by atoms with Crippen LogP contribution in [0.4, 0.5) is 10.5 Å². The zero-order valence-corrected chi connectivity index (χ0v) is 10.6. The SMILES string of the molecule is CN(C)C(=O)N(CC(N)=O)Cc1cccc(N)c1. The van der Waals surface area contributed by atoms with Gasteiger partial charge >= 0.3 is 6.03 Å². The summed E-state index contributed by atoms with van der Waals surface area (Å²) >= 11 is 0. The second-order valence-corrected chi connectivity index (χ2v) is 4.24. The third kappa shape index (κ3) is 3.97. The lowest BCUT2D eigenvalue weighted by atomic mass is 10.2. The maximum atomic E-state index is 11.9.